The molecule has 0 bridgehead atoms. The summed E-state index contributed by atoms with van der Waals surface area (Å²) in [6.07, 6.45) is 3.73. The zero-order valence-electron chi connectivity index (χ0n) is 10.2. The summed E-state index contributed by atoms with van der Waals surface area (Å²) in [5.74, 6) is -0.0223. The molecule has 0 spiro atoms. The molecule has 3 heteroatoms. The van der Waals surface area contributed by atoms with Gasteiger partial charge in [-0.2, -0.15) is 0 Å². The molecule has 0 heterocycles. The molecule has 0 aliphatic heterocycles. The van der Waals surface area contributed by atoms with Crippen LogP contribution in [0.2, 0.25) is 0 Å². The van der Waals surface area contributed by atoms with Gasteiger partial charge < -0.3 is 10.0 Å². The Morgan fingerprint density at radius 1 is 1.29 bits per heavy atom. The maximum atomic E-state index is 12.1. The van der Waals surface area contributed by atoms with Crippen LogP contribution in [0.1, 0.15) is 36.0 Å². The molecule has 0 saturated heterocycles. The fourth-order valence-corrected chi connectivity index (χ4v) is 2.51. The molecule has 92 valence electrons. The quantitative estimate of drug-likeness (QED) is 0.868. The van der Waals surface area contributed by atoms with Crippen LogP contribution in [-0.4, -0.2) is 35.1 Å². The number of likely N-dealkylation sites (N-methyl/N-ethyl adjacent to an activating group) is 1. The molecule has 0 aromatic heterocycles. The van der Waals surface area contributed by atoms with E-state index < -0.39 is 5.60 Å². The summed E-state index contributed by atoms with van der Waals surface area (Å²) in [4.78, 5) is 13.7. The van der Waals surface area contributed by atoms with Gasteiger partial charge in [0, 0.05) is 19.2 Å². The Morgan fingerprint density at radius 3 is 2.47 bits per heavy atom. The van der Waals surface area contributed by atoms with Gasteiger partial charge in [0.1, 0.15) is 0 Å². The summed E-state index contributed by atoms with van der Waals surface area (Å²) in [6.45, 7) is 0.431. The number of rotatable bonds is 3. The highest BCUT2D eigenvalue weighted by Gasteiger charge is 2.33. The average molecular weight is 233 g/mol. The Kier molecular flexibility index (Phi) is 3.48. The highest BCUT2D eigenvalue weighted by molar-refractivity contribution is 5.94. The maximum absolute atomic E-state index is 12.1. The fourth-order valence-electron chi connectivity index (χ4n) is 2.51. The van der Waals surface area contributed by atoms with Gasteiger partial charge >= 0.3 is 0 Å². The first-order valence-electron chi connectivity index (χ1n) is 6.14. The third-order valence-corrected chi connectivity index (χ3v) is 3.43. The number of amides is 1. The van der Waals surface area contributed by atoms with Crippen LogP contribution in [0.15, 0.2) is 30.3 Å². The molecule has 1 amide bonds. The van der Waals surface area contributed by atoms with Gasteiger partial charge in [0.15, 0.2) is 0 Å². The van der Waals surface area contributed by atoms with Gasteiger partial charge in [-0.3, -0.25) is 4.79 Å². The van der Waals surface area contributed by atoms with Crippen LogP contribution in [0.5, 0.6) is 0 Å². The lowest BCUT2D eigenvalue weighted by Crippen LogP contribution is -2.42. The lowest BCUT2D eigenvalue weighted by atomic mass is 10.0. The van der Waals surface area contributed by atoms with Crippen LogP contribution in [0, 0.1) is 0 Å². The molecule has 17 heavy (non-hydrogen) atoms. The number of benzene rings is 1. The van der Waals surface area contributed by atoms with E-state index in [0.29, 0.717) is 12.1 Å². The van der Waals surface area contributed by atoms with E-state index in [1.807, 2.05) is 18.2 Å². The van der Waals surface area contributed by atoms with Crippen LogP contribution in [0.25, 0.3) is 0 Å². The van der Waals surface area contributed by atoms with Gasteiger partial charge in [-0.15, -0.1) is 0 Å². The lowest BCUT2D eigenvalue weighted by Gasteiger charge is -2.28. The highest BCUT2D eigenvalue weighted by atomic mass is 16.3. The monoisotopic (exact) mass is 233 g/mol. The molecule has 1 fully saturated rings. The number of nitrogens with zero attached hydrogens (tertiary/aromatic N) is 1. The molecule has 1 N–H and O–H groups in total. The van der Waals surface area contributed by atoms with Gasteiger partial charge in [-0.25, -0.2) is 0 Å². The van der Waals surface area contributed by atoms with E-state index in [-0.39, 0.29) is 5.91 Å². The van der Waals surface area contributed by atoms with E-state index in [1.54, 1.807) is 24.1 Å². The van der Waals surface area contributed by atoms with Crippen LogP contribution in [0.3, 0.4) is 0 Å². The van der Waals surface area contributed by atoms with Gasteiger partial charge in [0.2, 0.25) is 0 Å². The molecule has 1 aromatic rings. The molecule has 0 atom stereocenters. The van der Waals surface area contributed by atoms with Gasteiger partial charge in [0.05, 0.1) is 5.60 Å². The lowest BCUT2D eigenvalue weighted by molar-refractivity contribution is 0.0157. The van der Waals surface area contributed by atoms with Crippen molar-refractivity contribution in [3.05, 3.63) is 35.9 Å². The molecule has 2 rings (SSSR count). The minimum Gasteiger partial charge on any atom is -0.388 e. The molecule has 3 nitrogen and oxygen atoms in total. The Hall–Kier alpha value is -1.35. The first-order chi connectivity index (χ1) is 8.11. The number of hydrogen-bond acceptors (Lipinski definition) is 2. The van der Waals surface area contributed by atoms with E-state index in [4.69, 9.17) is 0 Å². The Bertz CT molecular complexity index is 382. The van der Waals surface area contributed by atoms with Gasteiger partial charge in [-0.05, 0) is 25.0 Å². The van der Waals surface area contributed by atoms with Crippen molar-refractivity contribution in [3.8, 4) is 0 Å². The third kappa shape index (κ3) is 2.86. The normalized spacial score (nSPS) is 18.0. The SMILES string of the molecule is CN(CC1(O)CCCC1)C(=O)c1ccccc1. The van der Waals surface area contributed by atoms with Crippen molar-refractivity contribution in [2.24, 2.45) is 0 Å². The minimum atomic E-state index is -0.667. The molecule has 1 aromatic carbocycles. The van der Waals surface area contributed by atoms with Gasteiger partial charge in [-0.1, -0.05) is 31.0 Å². The number of aliphatic hydroxyl groups is 1. The van der Waals surface area contributed by atoms with Crippen molar-refractivity contribution in [2.75, 3.05) is 13.6 Å². The second kappa shape index (κ2) is 4.88. The fraction of sp³-hybridized carbons (Fsp3) is 0.500. The number of hydrogen-bond donors (Lipinski definition) is 1. The first-order valence-corrected chi connectivity index (χ1v) is 6.14. The Labute approximate surface area is 102 Å². The topological polar surface area (TPSA) is 40.5 Å². The largest absolute Gasteiger partial charge is 0.388 e. The van der Waals surface area contributed by atoms with Crippen LogP contribution in [0.4, 0.5) is 0 Å². The van der Waals surface area contributed by atoms with E-state index in [2.05, 4.69) is 0 Å². The predicted octanol–water partition coefficient (Wildman–Crippen LogP) is 2.06. The van der Waals surface area contributed by atoms with E-state index >= 15 is 0 Å². The smallest absolute Gasteiger partial charge is 0.253 e. The van der Waals surface area contributed by atoms with Crippen molar-refractivity contribution < 1.29 is 9.90 Å². The highest BCUT2D eigenvalue weighted by Crippen LogP contribution is 2.30. The van der Waals surface area contributed by atoms with Crippen LogP contribution < -0.4 is 0 Å². The summed E-state index contributed by atoms with van der Waals surface area (Å²) in [7, 11) is 1.76. The average Bonchev–Trinajstić information content (AvgIpc) is 2.76. The molecule has 0 unspecified atom stereocenters. The molecule has 1 saturated carbocycles. The van der Waals surface area contributed by atoms with Crippen molar-refractivity contribution in [1.82, 2.24) is 4.90 Å². The van der Waals surface area contributed by atoms with Gasteiger partial charge in [0.25, 0.3) is 5.91 Å². The zero-order chi connectivity index (χ0) is 12.3. The Balaban J connectivity index is 2.00. The maximum Gasteiger partial charge on any atom is 0.253 e. The van der Waals surface area contributed by atoms with Crippen LogP contribution >= 0.6 is 0 Å². The van der Waals surface area contributed by atoms with Crippen molar-refractivity contribution in [3.63, 3.8) is 0 Å². The minimum absolute atomic E-state index is 0.0223. The summed E-state index contributed by atoms with van der Waals surface area (Å²) in [5, 5.41) is 10.3. The van der Waals surface area contributed by atoms with Crippen molar-refractivity contribution in [2.45, 2.75) is 31.3 Å². The standard InChI is InChI=1S/C14H19NO2/c1-15(11-14(17)9-5-6-10-14)13(16)12-7-3-2-4-8-12/h2-4,7-8,17H,5-6,9-11H2,1H3. The van der Waals surface area contributed by atoms with Crippen LogP contribution in [-0.2, 0) is 0 Å². The predicted molar refractivity (Wildman–Crippen MR) is 66.8 cm³/mol. The molecule has 1 aliphatic carbocycles. The van der Waals surface area contributed by atoms with E-state index in [1.165, 1.54) is 0 Å². The Morgan fingerprint density at radius 2 is 1.88 bits per heavy atom. The van der Waals surface area contributed by atoms with E-state index in [0.717, 1.165) is 25.7 Å². The molecule has 0 radical (unpaired) electrons. The second-order valence-corrected chi connectivity index (χ2v) is 4.96. The number of carbonyl (C=O) groups is 1. The molecule has 1 aliphatic rings. The zero-order valence-corrected chi connectivity index (χ0v) is 10.2. The summed E-state index contributed by atoms with van der Waals surface area (Å²) >= 11 is 0. The van der Waals surface area contributed by atoms with Crippen molar-refractivity contribution >= 4 is 5.91 Å². The second-order valence-electron chi connectivity index (χ2n) is 4.96. The third-order valence-electron chi connectivity index (χ3n) is 3.43. The summed E-state index contributed by atoms with van der Waals surface area (Å²) in [6, 6.07) is 9.20. The number of carbonyl (C=O) groups excluding carboxylic acids is 1. The molecular formula is C14H19NO2. The first kappa shape index (κ1) is 12.1. The summed E-state index contributed by atoms with van der Waals surface area (Å²) in [5.41, 5.74) is 0.00993. The molecular weight excluding hydrogens is 214 g/mol. The summed E-state index contributed by atoms with van der Waals surface area (Å²) < 4.78 is 0. The van der Waals surface area contributed by atoms with E-state index in [9.17, 15) is 9.90 Å². The van der Waals surface area contributed by atoms with Crippen molar-refractivity contribution in [1.29, 1.82) is 0 Å².